The van der Waals surface area contributed by atoms with Crippen molar-refractivity contribution in [3.63, 3.8) is 0 Å². The Morgan fingerprint density at radius 2 is 1.71 bits per heavy atom. The van der Waals surface area contributed by atoms with E-state index < -0.39 is 0 Å². The van der Waals surface area contributed by atoms with Gasteiger partial charge in [0.25, 0.3) is 0 Å². The van der Waals surface area contributed by atoms with Crippen LogP contribution in [0.4, 0.5) is 4.79 Å². The average molecular weight is 326 g/mol. The first-order valence-corrected chi connectivity index (χ1v) is 8.36. The van der Waals surface area contributed by atoms with Crippen molar-refractivity contribution in [1.82, 2.24) is 10.6 Å². The summed E-state index contributed by atoms with van der Waals surface area (Å²) >= 11 is 0. The Morgan fingerprint density at radius 1 is 1.04 bits per heavy atom. The molecule has 0 bridgehead atoms. The van der Waals surface area contributed by atoms with Crippen LogP contribution in [-0.2, 0) is 0 Å². The average Bonchev–Trinajstić information content (AvgIpc) is 2.56. The van der Waals surface area contributed by atoms with E-state index in [9.17, 15) is 4.79 Å². The number of carbonyl (C=O) groups excluding carboxylic acids is 1. The van der Waals surface area contributed by atoms with Crippen molar-refractivity contribution >= 4 is 6.03 Å². The third-order valence-electron chi connectivity index (χ3n) is 3.96. The van der Waals surface area contributed by atoms with Crippen LogP contribution in [0, 0.1) is 13.8 Å². The third-order valence-corrected chi connectivity index (χ3v) is 3.96. The van der Waals surface area contributed by atoms with Gasteiger partial charge in [0.1, 0.15) is 5.75 Å². The standard InChI is InChI=1S/C20H26N2O2/c1-15-9-4-6-11-18(15)17(3)22-20(23)21-13-8-14-24-19-12-7-5-10-16(19)2/h4-7,9-12,17H,8,13-14H2,1-3H3,(H2,21,22,23). The van der Waals surface area contributed by atoms with E-state index in [1.807, 2.05) is 69.3 Å². The first-order valence-electron chi connectivity index (χ1n) is 8.36. The van der Waals surface area contributed by atoms with E-state index in [1.54, 1.807) is 0 Å². The molecule has 1 unspecified atom stereocenters. The third kappa shape index (κ3) is 5.30. The van der Waals surface area contributed by atoms with Crippen LogP contribution < -0.4 is 15.4 Å². The lowest BCUT2D eigenvalue weighted by molar-refractivity contribution is 0.236. The maximum Gasteiger partial charge on any atom is 0.315 e. The van der Waals surface area contributed by atoms with Crippen LogP contribution in [-0.4, -0.2) is 19.2 Å². The van der Waals surface area contributed by atoms with Crippen LogP contribution in [0.2, 0.25) is 0 Å². The molecule has 128 valence electrons. The van der Waals surface area contributed by atoms with Gasteiger partial charge in [-0.05, 0) is 49.9 Å². The summed E-state index contributed by atoms with van der Waals surface area (Å²) in [6.45, 7) is 7.22. The highest BCUT2D eigenvalue weighted by molar-refractivity contribution is 5.74. The SMILES string of the molecule is Cc1ccccc1OCCCNC(=O)NC(C)c1ccccc1C. The summed E-state index contributed by atoms with van der Waals surface area (Å²) in [5.41, 5.74) is 3.43. The molecule has 2 N–H and O–H groups in total. The second-order valence-corrected chi connectivity index (χ2v) is 5.95. The maximum atomic E-state index is 12.0. The van der Waals surface area contributed by atoms with Gasteiger partial charge in [0.2, 0.25) is 0 Å². The summed E-state index contributed by atoms with van der Waals surface area (Å²) in [7, 11) is 0. The molecule has 0 aliphatic carbocycles. The largest absolute Gasteiger partial charge is 0.493 e. The Balaban J connectivity index is 1.67. The van der Waals surface area contributed by atoms with Crippen molar-refractivity contribution in [2.24, 2.45) is 0 Å². The minimum Gasteiger partial charge on any atom is -0.493 e. The minimum atomic E-state index is -0.151. The Morgan fingerprint density at radius 3 is 2.42 bits per heavy atom. The Bertz CT molecular complexity index is 670. The van der Waals surface area contributed by atoms with E-state index in [4.69, 9.17) is 4.74 Å². The van der Waals surface area contributed by atoms with Gasteiger partial charge in [-0.3, -0.25) is 0 Å². The van der Waals surface area contributed by atoms with Gasteiger partial charge in [0.05, 0.1) is 12.6 Å². The predicted molar refractivity (Wildman–Crippen MR) is 97.4 cm³/mol. The predicted octanol–water partition coefficient (Wildman–Crippen LogP) is 4.13. The molecule has 4 nitrogen and oxygen atoms in total. The molecule has 0 spiro atoms. The fourth-order valence-corrected chi connectivity index (χ4v) is 2.57. The van der Waals surface area contributed by atoms with Crippen LogP contribution in [0.5, 0.6) is 5.75 Å². The first kappa shape index (κ1) is 17.9. The van der Waals surface area contributed by atoms with Crippen LogP contribution >= 0.6 is 0 Å². The van der Waals surface area contributed by atoms with Gasteiger partial charge in [-0.25, -0.2) is 4.79 Å². The molecule has 4 heteroatoms. The number of para-hydroxylation sites is 1. The van der Waals surface area contributed by atoms with E-state index in [0.717, 1.165) is 23.3 Å². The zero-order valence-electron chi connectivity index (χ0n) is 14.6. The van der Waals surface area contributed by atoms with E-state index in [2.05, 4.69) is 10.6 Å². The molecule has 0 saturated heterocycles. The van der Waals surface area contributed by atoms with Gasteiger partial charge < -0.3 is 15.4 Å². The van der Waals surface area contributed by atoms with Gasteiger partial charge in [-0.2, -0.15) is 0 Å². The fraction of sp³-hybridized carbons (Fsp3) is 0.350. The van der Waals surface area contributed by atoms with Crippen molar-refractivity contribution in [2.45, 2.75) is 33.2 Å². The molecule has 1 atom stereocenters. The molecule has 0 saturated carbocycles. The summed E-state index contributed by atoms with van der Waals surface area (Å²) in [5, 5.41) is 5.84. The molecule has 24 heavy (non-hydrogen) atoms. The van der Waals surface area contributed by atoms with Crippen molar-refractivity contribution in [3.8, 4) is 5.75 Å². The molecular formula is C20H26N2O2. The fourth-order valence-electron chi connectivity index (χ4n) is 2.57. The number of urea groups is 1. The van der Waals surface area contributed by atoms with Crippen LogP contribution in [0.3, 0.4) is 0 Å². The second kappa shape index (κ2) is 8.96. The quantitative estimate of drug-likeness (QED) is 0.752. The molecule has 0 radical (unpaired) electrons. The van der Waals surface area contributed by atoms with Gasteiger partial charge in [0, 0.05) is 6.54 Å². The lowest BCUT2D eigenvalue weighted by Crippen LogP contribution is -2.38. The molecule has 2 rings (SSSR count). The van der Waals surface area contributed by atoms with Crippen molar-refractivity contribution < 1.29 is 9.53 Å². The van der Waals surface area contributed by atoms with Crippen molar-refractivity contribution in [1.29, 1.82) is 0 Å². The van der Waals surface area contributed by atoms with E-state index in [0.29, 0.717) is 13.2 Å². The number of aryl methyl sites for hydroxylation is 2. The zero-order valence-corrected chi connectivity index (χ0v) is 14.6. The van der Waals surface area contributed by atoms with Crippen LogP contribution in [0.1, 0.15) is 36.1 Å². The molecular weight excluding hydrogens is 300 g/mol. The monoisotopic (exact) mass is 326 g/mol. The summed E-state index contributed by atoms with van der Waals surface area (Å²) < 4.78 is 5.71. The summed E-state index contributed by atoms with van der Waals surface area (Å²) in [6, 6.07) is 15.8. The Labute approximate surface area is 144 Å². The van der Waals surface area contributed by atoms with Crippen molar-refractivity contribution in [2.75, 3.05) is 13.2 Å². The zero-order chi connectivity index (χ0) is 17.4. The first-order chi connectivity index (χ1) is 11.6. The number of rotatable bonds is 7. The summed E-state index contributed by atoms with van der Waals surface area (Å²) in [4.78, 5) is 12.0. The summed E-state index contributed by atoms with van der Waals surface area (Å²) in [6.07, 6.45) is 0.764. The lowest BCUT2D eigenvalue weighted by Gasteiger charge is -2.17. The summed E-state index contributed by atoms with van der Waals surface area (Å²) in [5.74, 6) is 0.898. The van der Waals surface area contributed by atoms with Gasteiger partial charge in [-0.1, -0.05) is 42.5 Å². The van der Waals surface area contributed by atoms with Gasteiger partial charge in [0.15, 0.2) is 0 Å². The molecule has 0 heterocycles. The van der Waals surface area contributed by atoms with E-state index in [-0.39, 0.29) is 12.1 Å². The molecule has 0 aromatic heterocycles. The van der Waals surface area contributed by atoms with E-state index >= 15 is 0 Å². The number of hydrogen-bond donors (Lipinski definition) is 2. The number of ether oxygens (including phenoxy) is 1. The number of benzene rings is 2. The number of hydrogen-bond acceptors (Lipinski definition) is 2. The second-order valence-electron chi connectivity index (χ2n) is 5.95. The highest BCUT2D eigenvalue weighted by atomic mass is 16.5. The molecule has 0 aliphatic rings. The molecule has 2 amide bonds. The van der Waals surface area contributed by atoms with Gasteiger partial charge in [-0.15, -0.1) is 0 Å². The normalized spacial score (nSPS) is 11.6. The highest BCUT2D eigenvalue weighted by Gasteiger charge is 2.10. The molecule has 2 aromatic rings. The molecule has 2 aromatic carbocycles. The number of carbonyl (C=O) groups is 1. The smallest absolute Gasteiger partial charge is 0.315 e. The lowest BCUT2D eigenvalue weighted by atomic mass is 10.0. The Hall–Kier alpha value is -2.49. The van der Waals surface area contributed by atoms with Crippen molar-refractivity contribution in [3.05, 3.63) is 65.2 Å². The topological polar surface area (TPSA) is 50.4 Å². The van der Waals surface area contributed by atoms with Crippen LogP contribution in [0.25, 0.3) is 0 Å². The number of amides is 2. The Kier molecular flexibility index (Phi) is 6.67. The van der Waals surface area contributed by atoms with E-state index in [1.165, 1.54) is 5.56 Å². The van der Waals surface area contributed by atoms with Crippen LogP contribution in [0.15, 0.2) is 48.5 Å². The highest BCUT2D eigenvalue weighted by Crippen LogP contribution is 2.17. The maximum absolute atomic E-state index is 12.0. The van der Waals surface area contributed by atoms with Gasteiger partial charge >= 0.3 is 6.03 Å². The molecule has 0 fully saturated rings. The minimum absolute atomic E-state index is 0.0191. The molecule has 0 aliphatic heterocycles. The number of nitrogens with one attached hydrogen (secondary N) is 2.